The van der Waals surface area contributed by atoms with E-state index in [1.807, 2.05) is 4.90 Å². The summed E-state index contributed by atoms with van der Waals surface area (Å²) < 4.78 is 23.1. The van der Waals surface area contributed by atoms with Gasteiger partial charge in [-0.2, -0.15) is 0 Å². The number of hydrogen-bond donors (Lipinski definition) is 1. The smallest absolute Gasteiger partial charge is 0.270 e. The summed E-state index contributed by atoms with van der Waals surface area (Å²) in [5.74, 6) is -0.156. The summed E-state index contributed by atoms with van der Waals surface area (Å²) in [6, 6.07) is 9.57. The van der Waals surface area contributed by atoms with Gasteiger partial charge in [-0.3, -0.25) is 9.59 Å². The number of nitrogens with zero attached hydrogens (tertiary/aromatic N) is 2. The third-order valence-electron chi connectivity index (χ3n) is 5.12. The molecule has 2 aliphatic heterocycles. The van der Waals surface area contributed by atoms with E-state index in [9.17, 15) is 18.0 Å². The summed E-state index contributed by atoms with van der Waals surface area (Å²) in [6.45, 7) is 1.03. The lowest BCUT2D eigenvalue weighted by Crippen LogP contribution is -2.50. The number of piperazine rings is 1. The Bertz CT molecular complexity index is 951. The van der Waals surface area contributed by atoms with Gasteiger partial charge in [0.1, 0.15) is 5.69 Å². The fraction of sp³-hybridized carbons (Fsp3) is 0.333. The zero-order valence-corrected chi connectivity index (χ0v) is 15.1. The van der Waals surface area contributed by atoms with Crippen molar-refractivity contribution >= 4 is 21.7 Å². The fourth-order valence-corrected chi connectivity index (χ4v) is 4.42. The van der Waals surface area contributed by atoms with E-state index in [4.69, 9.17) is 0 Å². The van der Waals surface area contributed by atoms with Crippen LogP contribution in [0.3, 0.4) is 0 Å². The zero-order valence-electron chi connectivity index (χ0n) is 14.3. The number of sulfone groups is 1. The number of amides is 2. The molecular weight excluding hydrogens is 354 g/mol. The van der Waals surface area contributed by atoms with E-state index in [2.05, 4.69) is 4.98 Å². The van der Waals surface area contributed by atoms with Crippen LogP contribution in [0.1, 0.15) is 27.3 Å². The van der Waals surface area contributed by atoms with E-state index >= 15 is 0 Å². The van der Waals surface area contributed by atoms with E-state index in [1.165, 1.54) is 12.1 Å². The molecular formula is C18H19N3O4S. The molecule has 26 heavy (non-hydrogen) atoms. The van der Waals surface area contributed by atoms with Crippen LogP contribution >= 0.6 is 0 Å². The van der Waals surface area contributed by atoms with Crippen LogP contribution in [-0.2, 0) is 9.84 Å². The first-order valence-electron chi connectivity index (χ1n) is 8.40. The van der Waals surface area contributed by atoms with Crippen molar-refractivity contribution in [1.82, 2.24) is 14.8 Å². The molecule has 3 heterocycles. The minimum Gasteiger partial charge on any atom is -0.357 e. The molecule has 2 bridgehead atoms. The number of hydrogen-bond acceptors (Lipinski definition) is 4. The van der Waals surface area contributed by atoms with Gasteiger partial charge < -0.3 is 14.8 Å². The molecule has 7 nitrogen and oxygen atoms in total. The van der Waals surface area contributed by atoms with Gasteiger partial charge in [-0.15, -0.1) is 0 Å². The second-order valence-electron chi connectivity index (χ2n) is 6.84. The molecule has 2 amide bonds. The first-order valence-corrected chi connectivity index (χ1v) is 10.3. The van der Waals surface area contributed by atoms with E-state index in [0.717, 1.165) is 12.7 Å². The second-order valence-corrected chi connectivity index (χ2v) is 8.85. The number of H-pyrrole nitrogens is 1. The van der Waals surface area contributed by atoms with Gasteiger partial charge in [0.25, 0.3) is 11.8 Å². The van der Waals surface area contributed by atoms with E-state index in [0.29, 0.717) is 24.3 Å². The van der Waals surface area contributed by atoms with Crippen LogP contribution in [0, 0.1) is 0 Å². The van der Waals surface area contributed by atoms with E-state index in [1.54, 1.807) is 35.4 Å². The van der Waals surface area contributed by atoms with Crippen molar-refractivity contribution in [2.24, 2.45) is 0 Å². The molecule has 1 aromatic carbocycles. The van der Waals surface area contributed by atoms with E-state index < -0.39 is 9.84 Å². The number of aromatic nitrogens is 1. The molecule has 136 valence electrons. The topological polar surface area (TPSA) is 90.6 Å². The molecule has 2 saturated heterocycles. The number of rotatable bonds is 3. The minimum atomic E-state index is -3.28. The Morgan fingerprint density at radius 1 is 1.00 bits per heavy atom. The van der Waals surface area contributed by atoms with Gasteiger partial charge >= 0.3 is 0 Å². The molecule has 2 aliphatic rings. The molecule has 0 saturated carbocycles. The highest BCUT2D eigenvalue weighted by atomic mass is 32.2. The van der Waals surface area contributed by atoms with Crippen LogP contribution in [0.2, 0.25) is 0 Å². The Kier molecular flexibility index (Phi) is 3.87. The fourth-order valence-electron chi connectivity index (χ4n) is 3.79. The van der Waals surface area contributed by atoms with Gasteiger partial charge in [0.15, 0.2) is 9.84 Å². The number of benzene rings is 1. The van der Waals surface area contributed by atoms with Gasteiger partial charge in [0, 0.05) is 31.1 Å². The summed E-state index contributed by atoms with van der Waals surface area (Å²) in [6.07, 6.45) is 3.64. The Morgan fingerprint density at radius 3 is 2.12 bits per heavy atom. The largest absolute Gasteiger partial charge is 0.357 e. The van der Waals surface area contributed by atoms with Crippen molar-refractivity contribution in [3.63, 3.8) is 0 Å². The van der Waals surface area contributed by atoms with Crippen molar-refractivity contribution in [3.05, 3.63) is 53.9 Å². The Hall–Kier alpha value is -2.61. The minimum absolute atomic E-state index is 0.000923. The highest BCUT2D eigenvalue weighted by Gasteiger charge is 2.47. The Labute approximate surface area is 151 Å². The highest BCUT2D eigenvalue weighted by Crippen LogP contribution is 2.32. The molecule has 2 fully saturated rings. The van der Waals surface area contributed by atoms with Crippen molar-refractivity contribution in [2.75, 3.05) is 19.3 Å². The Balaban J connectivity index is 1.47. The summed E-state index contributed by atoms with van der Waals surface area (Å²) in [4.78, 5) is 32.0. The molecule has 0 spiro atoms. The first-order chi connectivity index (χ1) is 12.3. The predicted octanol–water partition coefficient (Wildman–Crippen LogP) is 1.16. The zero-order chi connectivity index (χ0) is 18.5. The maximum Gasteiger partial charge on any atom is 0.270 e. The summed E-state index contributed by atoms with van der Waals surface area (Å²) in [7, 11) is -3.28. The van der Waals surface area contributed by atoms with Crippen molar-refractivity contribution in [1.29, 1.82) is 0 Å². The quantitative estimate of drug-likeness (QED) is 0.874. The molecule has 1 N–H and O–H groups in total. The van der Waals surface area contributed by atoms with Crippen LogP contribution in [0.25, 0.3) is 0 Å². The maximum absolute atomic E-state index is 12.8. The molecule has 0 radical (unpaired) electrons. The Morgan fingerprint density at radius 2 is 1.62 bits per heavy atom. The van der Waals surface area contributed by atoms with Gasteiger partial charge in [-0.25, -0.2) is 8.42 Å². The molecule has 8 heteroatoms. The van der Waals surface area contributed by atoms with Crippen LogP contribution in [0.15, 0.2) is 47.5 Å². The third kappa shape index (κ3) is 2.80. The van der Waals surface area contributed by atoms with Crippen LogP contribution in [-0.4, -0.2) is 66.4 Å². The SMILES string of the molecule is CS(=O)(=O)c1ccc(C(=O)N2C[C@@H]3C[C@H]2CN3C(=O)c2ccc[nH]2)cc1. The van der Waals surface area contributed by atoms with Gasteiger partial charge in [-0.05, 0) is 42.8 Å². The number of carbonyl (C=O) groups is 2. The van der Waals surface area contributed by atoms with Gasteiger partial charge in [0.2, 0.25) is 0 Å². The molecule has 4 rings (SSSR count). The first kappa shape index (κ1) is 16.8. The normalized spacial score (nSPS) is 22.0. The standard InChI is InChI=1S/C18H19N3O4S/c1-26(24,25)15-6-4-12(5-7-15)17(22)20-10-14-9-13(20)11-21(14)18(23)16-3-2-8-19-16/h2-8,13-14,19H,9-11H2,1H3/t13-,14-/m0/s1. The van der Waals surface area contributed by atoms with Crippen molar-refractivity contribution in [3.8, 4) is 0 Å². The lowest BCUT2D eigenvalue weighted by molar-refractivity contribution is 0.0524. The molecule has 2 atom stereocenters. The number of aromatic amines is 1. The predicted molar refractivity (Wildman–Crippen MR) is 94.6 cm³/mol. The summed E-state index contributed by atoms with van der Waals surface area (Å²) in [5, 5.41) is 0. The summed E-state index contributed by atoms with van der Waals surface area (Å²) >= 11 is 0. The van der Waals surface area contributed by atoms with Crippen LogP contribution in [0.5, 0.6) is 0 Å². The molecule has 0 unspecified atom stereocenters. The van der Waals surface area contributed by atoms with Crippen molar-refractivity contribution < 1.29 is 18.0 Å². The monoisotopic (exact) mass is 373 g/mol. The number of nitrogens with one attached hydrogen (secondary N) is 1. The maximum atomic E-state index is 12.8. The van der Waals surface area contributed by atoms with Gasteiger partial charge in [0.05, 0.1) is 17.0 Å². The van der Waals surface area contributed by atoms with Gasteiger partial charge in [-0.1, -0.05) is 0 Å². The average molecular weight is 373 g/mol. The third-order valence-corrected chi connectivity index (χ3v) is 6.25. The second kappa shape index (κ2) is 5.98. The number of fused-ring (bicyclic) bond motifs is 2. The highest BCUT2D eigenvalue weighted by molar-refractivity contribution is 7.90. The molecule has 1 aromatic heterocycles. The van der Waals surface area contributed by atoms with E-state index in [-0.39, 0.29) is 28.8 Å². The lowest BCUT2D eigenvalue weighted by Gasteiger charge is -2.34. The average Bonchev–Trinajstić information content (AvgIpc) is 3.36. The number of likely N-dealkylation sites (tertiary alicyclic amines) is 2. The number of carbonyl (C=O) groups excluding carboxylic acids is 2. The van der Waals surface area contributed by atoms with Crippen LogP contribution in [0.4, 0.5) is 0 Å². The summed E-state index contributed by atoms with van der Waals surface area (Å²) in [5.41, 5.74) is 1.03. The molecule has 0 aliphatic carbocycles. The lowest BCUT2D eigenvalue weighted by atomic mass is 10.1. The molecule has 2 aromatic rings. The van der Waals surface area contributed by atoms with Crippen molar-refractivity contribution in [2.45, 2.75) is 23.4 Å². The van der Waals surface area contributed by atoms with Crippen LogP contribution < -0.4 is 0 Å².